The number of nitrogens with one attached hydrogen (secondary N) is 1. The number of amides is 3. The first-order valence-electron chi connectivity index (χ1n) is 8.36. The van der Waals surface area contributed by atoms with Crippen molar-refractivity contribution in [2.75, 3.05) is 0 Å². The monoisotopic (exact) mass is 408 g/mol. The predicted octanol–water partition coefficient (Wildman–Crippen LogP) is 4.57. The SMILES string of the molecule is C[C@]1(c2cccc3ccccc23)NC(=O)N(Cc2cccc(Br)c2)C1=O. The zero-order valence-corrected chi connectivity index (χ0v) is 15.8. The van der Waals surface area contributed by atoms with E-state index in [9.17, 15) is 9.59 Å². The molecule has 1 aliphatic rings. The second kappa shape index (κ2) is 6.25. The molecule has 0 aromatic heterocycles. The molecule has 1 atom stereocenters. The van der Waals surface area contributed by atoms with Crippen molar-refractivity contribution in [2.24, 2.45) is 0 Å². The van der Waals surface area contributed by atoms with Crippen LogP contribution in [-0.2, 0) is 16.9 Å². The van der Waals surface area contributed by atoms with Crippen LogP contribution >= 0.6 is 15.9 Å². The van der Waals surface area contributed by atoms with Crippen LogP contribution in [0.25, 0.3) is 10.8 Å². The number of carbonyl (C=O) groups excluding carboxylic acids is 2. The van der Waals surface area contributed by atoms with Crippen molar-refractivity contribution >= 4 is 38.6 Å². The second-order valence-electron chi connectivity index (χ2n) is 6.60. The van der Waals surface area contributed by atoms with E-state index in [1.165, 1.54) is 4.90 Å². The summed E-state index contributed by atoms with van der Waals surface area (Å²) in [6, 6.07) is 21.0. The largest absolute Gasteiger partial charge is 0.325 e. The van der Waals surface area contributed by atoms with Crippen molar-refractivity contribution in [2.45, 2.75) is 19.0 Å². The molecule has 1 saturated heterocycles. The number of hydrogen-bond donors (Lipinski definition) is 1. The van der Waals surface area contributed by atoms with Crippen LogP contribution in [0.4, 0.5) is 4.79 Å². The number of halogens is 1. The fraction of sp³-hybridized carbons (Fsp3) is 0.143. The molecule has 5 heteroatoms. The number of benzene rings is 3. The summed E-state index contributed by atoms with van der Waals surface area (Å²) in [4.78, 5) is 27.1. The lowest BCUT2D eigenvalue weighted by Crippen LogP contribution is -2.41. The Morgan fingerprint density at radius 2 is 1.73 bits per heavy atom. The zero-order valence-electron chi connectivity index (χ0n) is 14.2. The molecule has 1 heterocycles. The van der Waals surface area contributed by atoms with E-state index < -0.39 is 5.54 Å². The summed E-state index contributed by atoms with van der Waals surface area (Å²) in [5.41, 5.74) is 0.625. The van der Waals surface area contributed by atoms with Crippen LogP contribution in [0.1, 0.15) is 18.1 Å². The summed E-state index contributed by atoms with van der Waals surface area (Å²) in [5, 5.41) is 4.91. The fourth-order valence-electron chi connectivity index (χ4n) is 3.50. The van der Waals surface area contributed by atoms with E-state index in [4.69, 9.17) is 0 Å². The highest BCUT2D eigenvalue weighted by molar-refractivity contribution is 9.10. The summed E-state index contributed by atoms with van der Waals surface area (Å²) in [6.07, 6.45) is 0. The fourth-order valence-corrected chi connectivity index (χ4v) is 3.95. The molecule has 0 unspecified atom stereocenters. The van der Waals surface area contributed by atoms with Gasteiger partial charge < -0.3 is 5.32 Å². The molecule has 4 rings (SSSR count). The van der Waals surface area contributed by atoms with E-state index in [2.05, 4.69) is 21.2 Å². The minimum atomic E-state index is -1.08. The molecule has 3 aromatic rings. The minimum absolute atomic E-state index is 0.237. The first kappa shape index (κ1) is 16.8. The molecule has 0 aliphatic carbocycles. The van der Waals surface area contributed by atoms with Gasteiger partial charge in [0.2, 0.25) is 0 Å². The second-order valence-corrected chi connectivity index (χ2v) is 7.52. The van der Waals surface area contributed by atoms with Crippen LogP contribution in [0, 0.1) is 0 Å². The molecular weight excluding hydrogens is 392 g/mol. The Balaban J connectivity index is 1.73. The summed E-state index contributed by atoms with van der Waals surface area (Å²) in [5.74, 6) is -0.237. The lowest BCUT2D eigenvalue weighted by atomic mass is 9.88. The van der Waals surface area contributed by atoms with Gasteiger partial charge in [0, 0.05) is 4.47 Å². The summed E-state index contributed by atoms with van der Waals surface area (Å²) >= 11 is 3.42. The maximum absolute atomic E-state index is 13.2. The Kier molecular flexibility index (Phi) is 4.04. The third-order valence-electron chi connectivity index (χ3n) is 4.83. The maximum Gasteiger partial charge on any atom is 0.325 e. The normalized spacial score (nSPS) is 19.8. The van der Waals surface area contributed by atoms with Gasteiger partial charge in [0.1, 0.15) is 5.54 Å². The van der Waals surface area contributed by atoms with Crippen molar-refractivity contribution in [3.05, 3.63) is 82.3 Å². The van der Waals surface area contributed by atoms with Crippen molar-refractivity contribution in [1.29, 1.82) is 0 Å². The van der Waals surface area contributed by atoms with Gasteiger partial charge in [-0.3, -0.25) is 9.69 Å². The lowest BCUT2D eigenvalue weighted by Gasteiger charge is -2.24. The zero-order chi connectivity index (χ0) is 18.3. The van der Waals surface area contributed by atoms with Crippen molar-refractivity contribution in [1.82, 2.24) is 10.2 Å². The maximum atomic E-state index is 13.2. The molecule has 130 valence electrons. The standard InChI is InChI=1S/C21H17BrN2O2/c1-21(18-11-5-8-15-7-2-3-10-17(15)18)19(25)24(20(26)23-21)13-14-6-4-9-16(22)12-14/h2-12H,13H2,1H3,(H,23,26)/t21-/m1/s1. The van der Waals surface area contributed by atoms with Crippen molar-refractivity contribution < 1.29 is 9.59 Å². The number of hydrogen-bond acceptors (Lipinski definition) is 2. The molecule has 0 radical (unpaired) electrons. The topological polar surface area (TPSA) is 49.4 Å². The van der Waals surface area contributed by atoms with Crippen molar-refractivity contribution in [3.8, 4) is 0 Å². The third kappa shape index (κ3) is 2.69. The van der Waals surface area contributed by atoms with Crippen LogP contribution in [0.2, 0.25) is 0 Å². The van der Waals surface area contributed by atoms with Gasteiger partial charge in [0.25, 0.3) is 5.91 Å². The summed E-state index contributed by atoms with van der Waals surface area (Å²) in [6.45, 7) is 2.01. The smallest absolute Gasteiger partial charge is 0.319 e. The number of fused-ring (bicyclic) bond motifs is 1. The van der Waals surface area contributed by atoms with Gasteiger partial charge in [-0.05, 0) is 41.0 Å². The number of carbonyl (C=O) groups is 2. The van der Waals surface area contributed by atoms with Gasteiger partial charge in [-0.25, -0.2) is 4.79 Å². The highest BCUT2D eigenvalue weighted by Crippen LogP contribution is 2.34. The average Bonchev–Trinajstić information content (AvgIpc) is 2.85. The van der Waals surface area contributed by atoms with Gasteiger partial charge in [-0.1, -0.05) is 70.5 Å². The Morgan fingerprint density at radius 3 is 2.54 bits per heavy atom. The Bertz CT molecular complexity index is 1030. The van der Waals surface area contributed by atoms with Crippen LogP contribution in [0.3, 0.4) is 0 Å². The van der Waals surface area contributed by atoms with Gasteiger partial charge in [0.05, 0.1) is 6.54 Å². The van der Waals surface area contributed by atoms with Crippen LogP contribution < -0.4 is 5.32 Å². The number of rotatable bonds is 3. The van der Waals surface area contributed by atoms with Gasteiger partial charge in [0.15, 0.2) is 0 Å². The minimum Gasteiger partial charge on any atom is -0.319 e. The lowest BCUT2D eigenvalue weighted by molar-refractivity contribution is -0.131. The number of imide groups is 1. The molecular formula is C21H17BrN2O2. The van der Waals surface area contributed by atoms with Crippen LogP contribution in [-0.4, -0.2) is 16.8 Å². The molecule has 1 fully saturated rings. The molecule has 0 spiro atoms. The predicted molar refractivity (Wildman–Crippen MR) is 105 cm³/mol. The van der Waals surface area contributed by atoms with Gasteiger partial charge in [-0.2, -0.15) is 0 Å². The summed E-state index contributed by atoms with van der Waals surface area (Å²) in [7, 11) is 0. The summed E-state index contributed by atoms with van der Waals surface area (Å²) < 4.78 is 0.916. The number of nitrogens with zero attached hydrogens (tertiary/aromatic N) is 1. The van der Waals surface area contributed by atoms with Crippen LogP contribution in [0.15, 0.2) is 71.2 Å². The molecule has 3 aromatic carbocycles. The first-order chi connectivity index (χ1) is 12.5. The highest BCUT2D eigenvalue weighted by atomic mass is 79.9. The van der Waals surface area contributed by atoms with E-state index in [0.717, 1.165) is 26.4 Å². The van der Waals surface area contributed by atoms with Crippen LogP contribution in [0.5, 0.6) is 0 Å². The molecule has 26 heavy (non-hydrogen) atoms. The van der Waals surface area contributed by atoms with Crippen molar-refractivity contribution in [3.63, 3.8) is 0 Å². The van der Waals surface area contributed by atoms with E-state index in [-0.39, 0.29) is 18.5 Å². The Morgan fingerprint density at radius 1 is 1.00 bits per heavy atom. The number of urea groups is 1. The molecule has 0 bridgehead atoms. The Labute approximate surface area is 159 Å². The van der Waals surface area contributed by atoms with Gasteiger partial charge in [-0.15, -0.1) is 0 Å². The van der Waals surface area contributed by atoms with E-state index in [1.807, 2.05) is 66.7 Å². The van der Waals surface area contributed by atoms with E-state index in [0.29, 0.717) is 0 Å². The highest BCUT2D eigenvalue weighted by Gasteiger charge is 2.49. The van der Waals surface area contributed by atoms with E-state index >= 15 is 0 Å². The molecule has 0 saturated carbocycles. The molecule has 1 aliphatic heterocycles. The molecule has 1 N–H and O–H groups in total. The first-order valence-corrected chi connectivity index (χ1v) is 9.15. The molecule has 4 nitrogen and oxygen atoms in total. The quantitative estimate of drug-likeness (QED) is 0.645. The average molecular weight is 409 g/mol. The van der Waals surface area contributed by atoms with Gasteiger partial charge >= 0.3 is 6.03 Å². The Hall–Kier alpha value is -2.66. The third-order valence-corrected chi connectivity index (χ3v) is 5.33. The van der Waals surface area contributed by atoms with E-state index in [1.54, 1.807) is 6.92 Å². The molecule has 3 amide bonds.